The van der Waals surface area contributed by atoms with Gasteiger partial charge in [0.05, 0.1) is 30.6 Å². The smallest absolute Gasteiger partial charge is 0.248 e. The number of ether oxygens (including phenoxy) is 1. The Bertz CT molecular complexity index is 768. The molecular formula is C23H35N3O5. The zero-order chi connectivity index (χ0) is 23.1. The number of aliphatic hydroxyl groups is 1. The maximum Gasteiger partial charge on any atom is 0.248 e. The Kier molecular flexibility index (Phi) is 6.62. The summed E-state index contributed by atoms with van der Waals surface area (Å²) in [6.07, 6.45) is 4.07. The molecule has 3 saturated heterocycles. The van der Waals surface area contributed by atoms with Gasteiger partial charge in [-0.15, -0.1) is 13.2 Å². The lowest BCUT2D eigenvalue weighted by Gasteiger charge is -2.39. The van der Waals surface area contributed by atoms with E-state index in [1.54, 1.807) is 35.9 Å². The van der Waals surface area contributed by atoms with Gasteiger partial charge in [0, 0.05) is 26.2 Å². The summed E-state index contributed by atoms with van der Waals surface area (Å²) < 4.78 is 6.39. The molecule has 3 aliphatic heterocycles. The second-order valence-corrected chi connectivity index (χ2v) is 9.21. The zero-order valence-corrected chi connectivity index (χ0v) is 19.0. The molecule has 8 heteroatoms. The van der Waals surface area contributed by atoms with Crippen LogP contribution in [0.25, 0.3) is 0 Å². The Morgan fingerprint density at radius 2 is 1.90 bits per heavy atom. The second-order valence-electron chi connectivity index (χ2n) is 9.21. The number of rotatable bonds is 9. The monoisotopic (exact) mass is 433 g/mol. The van der Waals surface area contributed by atoms with E-state index in [2.05, 4.69) is 13.2 Å². The van der Waals surface area contributed by atoms with E-state index in [1.165, 1.54) is 4.90 Å². The summed E-state index contributed by atoms with van der Waals surface area (Å²) in [7, 11) is 1.68. The van der Waals surface area contributed by atoms with Gasteiger partial charge in [-0.25, -0.2) is 0 Å². The van der Waals surface area contributed by atoms with E-state index in [0.29, 0.717) is 25.9 Å². The molecule has 1 N–H and O–H groups in total. The van der Waals surface area contributed by atoms with E-state index in [-0.39, 0.29) is 36.5 Å². The van der Waals surface area contributed by atoms with Crippen molar-refractivity contribution in [2.45, 2.75) is 63.4 Å². The third-order valence-corrected chi connectivity index (χ3v) is 7.01. The molecule has 172 valence electrons. The van der Waals surface area contributed by atoms with Crippen LogP contribution in [0, 0.1) is 11.8 Å². The molecule has 0 aromatic rings. The average molecular weight is 434 g/mol. The first-order valence-electron chi connectivity index (χ1n) is 11.0. The van der Waals surface area contributed by atoms with Crippen LogP contribution in [0.1, 0.15) is 33.6 Å². The minimum absolute atomic E-state index is 0.0999. The lowest BCUT2D eigenvalue weighted by Crippen LogP contribution is -2.59. The molecule has 0 aromatic carbocycles. The van der Waals surface area contributed by atoms with Gasteiger partial charge in [-0.1, -0.05) is 12.2 Å². The van der Waals surface area contributed by atoms with Gasteiger partial charge in [0.25, 0.3) is 0 Å². The number of fused-ring (bicyclic) bond motifs is 1. The molecule has 2 unspecified atom stereocenters. The third kappa shape index (κ3) is 3.49. The predicted octanol–water partition coefficient (Wildman–Crippen LogP) is 0.809. The van der Waals surface area contributed by atoms with Gasteiger partial charge < -0.3 is 24.5 Å². The summed E-state index contributed by atoms with van der Waals surface area (Å²) in [4.78, 5) is 45.4. The van der Waals surface area contributed by atoms with Crippen molar-refractivity contribution in [1.82, 2.24) is 14.7 Å². The van der Waals surface area contributed by atoms with Crippen molar-refractivity contribution in [2.24, 2.45) is 11.8 Å². The number of carbonyl (C=O) groups is 3. The number of aliphatic hydroxyl groups excluding tert-OH is 1. The highest BCUT2D eigenvalue weighted by Crippen LogP contribution is 2.59. The number of likely N-dealkylation sites (N-methyl/N-ethyl adjacent to an activating group) is 1. The number of likely N-dealkylation sites (tertiary alicyclic amines) is 1. The maximum atomic E-state index is 13.8. The first-order chi connectivity index (χ1) is 14.7. The quantitative estimate of drug-likeness (QED) is 0.544. The van der Waals surface area contributed by atoms with Crippen LogP contribution in [0.15, 0.2) is 25.3 Å². The van der Waals surface area contributed by atoms with Crippen LogP contribution in [-0.2, 0) is 19.1 Å². The van der Waals surface area contributed by atoms with Crippen LogP contribution in [0.4, 0.5) is 0 Å². The topological polar surface area (TPSA) is 90.4 Å². The highest BCUT2D eigenvalue weighted by Gasteiger charge is 2.75. The minimum Gasteiger partial charge on any atom is -0.394 e. The molecule has 3 rings (SSSR count). The number of carbonyl (C=O) groups excluding carboxylic acids is 3. The molecule has 3 amide bonds. The second kappa shape index (κ2) is 8.74. The Morgan fingerprint density at radius 1 is 1.26 bits per heavy atom. The predicted molar refractivity (Wildman–Crippen MR) is 116 cm³/mol. The van der Waals surface area contributed by atoms with Crippen molar-refractivity contribution >= 4 is 17.7 Å². The lowest BCUT2D eigenvalue weighted by atomic mass is 9.70. The van der Waals surface area contributed by atoms with Gasteiger partial charge in [0.2, 0.25) is 17.7 Å². The fourth-order valence-electron chi connectivity index (χ4n) is 5.60. The van der Waals surface area contributed by atoms with Crippen molar-refractivity contribution in [3.8, 4) is 0 Å². The lowest BCUT2D eigenvalue weighted by molar-refractivity contribution is -0.152. The van der Waals surface area contributed by atoms with Gasteiger partial charge in [-0.2, -0.15) is 0 Å². The molecule has 3 aliphatic rings. The molecule has 0 radical (unpaired) electrons. The average Bonchev–Trinajstić information content (AvgIpc) is 3.37. The first kappa shape index (κ1) is 23.5. The highest BCUT2D eigenvalue weighted by atomic mass is 16.5. The van der Waals surface area contributed by atoms with Crippen molar-refractivity contribution in [3.05, 3.63) is 25.3 Å². The van der Waals surface area contributed by atoms with Gasteiger partial charge in [-0.05, 0) is 33.6 Å². The van der Waals surface area contributed by atoms with Crippen LogP contribution in [0.3, 0.4) is 0 Å². The highest BCUT2D eigenvalue weighted by molar-refractivity contribution is 5.99. The molecule has 3 fully saturated rings. The van der Waals surface area contributed by atoms with Crippen molar-refractivity contribution < 1.29 is 24.2 Å². The minimum atomic E-state index is -1.05. The summed E-state index contributed by atoms with van der Waals surface area (Å²) in [5.41, 5.74) is -1.05. The Morgan fingerprint density at radius 3 is 2.45 bits per heavy atom. The fourth-order valence-corrected chi connectivity index (χ4v) is 5.60. The molecular weight excluding hydrogens is 398 g/mol. The van der Waals surface area contributed by atoms with E-state index >= 15 is 0 Å². The maximum absolute atomic E-state index is 13.8. The number of nitrogens with zero attached hydrogens (tertiary/aromatic N) is 3. The summed E-state index contributed by atoms with van der Waals surface area (Å²) >= 11 is 0. The van der Waals surface area contributed by atoms with Gasteiger partial charge in [0.1, 0.15) is 11.6 Å². The number of hydrogen-bond acceptors (Lipinski definition) is 5. The summed E-state index contributed by atoms with van der Waals surface area (Å²) in [6.45, 7) is 13.4. The van der Waals surface area contributed by atoms with Crippen molar-refractivity contribution in [2.75, 3.05) is 26.7 Å². The zero-order valence-electron chi connectivity index (χ0n) is 19.0. The third-order valence-electron chi connectivity index (χ3n) is 7.01. The molecule has 6 atom stereocenters. The van der Waals surface area contributed by atoms with E-state index in [0.717, 1.165) is 0 Å². The molecule has 0 aromatic heterocycles. The molecule has 3 heterocycles. The summed E-state index contributed by atoms with van der Waals surface area (Å²) in [5, 5.41) is 9.87. The fraction of sp³-hybridized carbons (Fsp3) is 0.696. The Labute approximate surface area is 184 Å². The first-order valence-corrected chi connectivity index (χ1v) is 11.0. The van der Waals surface area contributed by atoms with Crippen LogP contribution < -0.4 is 0 Å². The van der Waals surface area contributed by atoms with Gasteiger partial charge in [-0.3, -0.25) is 14.4 Å². The van der Waals surface area contributed by atoms with Crippen LogP contribution >= 0.6 is 0 Å². The number of hydrogen-bond donors (Lipinski definition) is 1. The molecule has 0 saturated carbocycles. The summed E-state index contributed by atoms with van der Waals surface area (Å²) in [6, 6.07) is -1.54. The van der Waals surface area contributed by atoms with Crippen LogP contribution in [0.2, 0.25) is 0 Å². The Balaban J connectivity index is 2.06. The molecule has 2 bridgehead atoms. The number of amides is 3. The van der Waals surface area contributed by atoms with Gasteiger partial charge >= 0.3 is 0 Å². The van der Waals surface area contributed by atoms with Gasteiger partial charge in [0.15, 0.2) is 0 Å². The van der Waals surface area contributed by atoms with Crippen molar-refractivity contribution in [3.63, 3.8) is 0 Å². The normalized spacial score (nSPS) is 32.2. The summed E-state index contributed by atoms with van der Waals surface area (Å²) in [5.74, 6) is -2.04. The largest absolute Gasteiger partial charge is 0.394 e. The van der Waals surface area contributed by atoms with Crippen LogP contribution in [-0.4, -0.2) is 94.1 Å². The molecule has 8 nitrogen and oxygen atoms in total. The molecule has 0 aliphatic carbocycles. The SMILES string of the molecule is C=CCN(C)C(=O)[C@@H]1[C@@H]2CCC3(O2)C(C(=O)N(CC=C)C(C)C)N([C@H](C)CO)C(=O)[C@H]13. The van der Waals surface area contributed by atoms with E-state index in [9.17, 15) is 19.5 Å². The Hall–Kier alpha value is -2.19. The van der Waals surface area contributed by atoms with E-state index in [4.69, 9.17) is 4.74 Å². The van der Waals surface area contributed by atoms with E-state index < -0.39 is 29.5 Å². The standard InChI is InChI=1S/C23H35N3O5/c1-7-11-24(6)20(28)17-16-9-10-23(31-16)18(17)21(29)26(15(5)13-27)19(23)22(30)25(12-8-2)14(3)4/h7-8,14-19,27H,1-2,9-13H2,3-6H3/t15-,16+,17-,18+,19?,23?/m1/s1. The van der Waals surface area contributed by atoms with Crippen LogP contribution in [0.5, 0.6) is 0 Å². The molecule has 1 spiro atoms. The van der Waals surface area contributed by atoms with Crippen molar-refractivity contribution in [1.29, 1.82) is 0 Å². The van der Waals surface area contributed by atoms with E-state index in [1.807, 2.05) is 13.8 Å². The molecule has 31 heavy (non-hydrogen) atoms.